The molecule has 2 heterocycles. The lowest BCUT2D eigenvalue weighted by atomic mass is 10.2. The second-order valence-electron chi connectivity index (χ2n) is 2.98. The number of nitrogens with zero attached hydrogens (tertiary/aromatic N) is 5. The van der Waals surface area contributed by atoms with Crippen molar-refractivity contribution >= 4 is 0 Å². The average Bonchev–Trinajstić information content (AvgIpc) is 2.77. The Hall–Kier alpha value is -2.22. The fraction of sp³-hybridized carbons (Fsp3) is 0.200. The lowest BCUT2D eigenvalue weighted by molar-refractivity contribution is 0.764. The van der Waals surface area contributed by atoms with Crippen molar-refractivity contribution in [2.24, 2.45) is 0 Å². The van der Waals surface area contributed by atoms with Crippen molar-refractivity contribution in [3.63, 3.8) is 0 Å². The monoisotopic (exact) mass is 199 g/mol. The van der Waals surface area contributed by atoms with Gasteiger partial charge in [-0.25, -0.2) is 0 Å². The Balaban J connectivity index is 2.42. The number of rotatable bonds is 2. The molecule has 0 saturated heterocycles. The van der Waals surface area contributed by atoms with Crippen LogP contribution in [0.15, 0.2) is 24.7 Å². The van der Waals surface area contributed by atoms with Crippen molar-refractivity contribution in [1.29, 1.82) is 5.26 Å². The maximum absolute atomic E-state index is 8.64. The summed E-state index contributed by atoms with van der Waals surface area (Å²) in [7, 11) is 0. The number of pyridine rings is 1. The first-order chi connectivity index (χ1) is 7.35. The molecular weight excluding hydrogens is 190 g/mol. The summed E-state index contributed by atoms with van der Waals surface area (Å²) in [6, 6.07) is 5.51. The van der Waals surface area contributed by atoms with Crippen LogP contribution in [-0.2, 0) is 6.54 Å². The molecule has 15 heavy (non-hydrogen) atoms. The summed E-state index contributed by atoms with van der Waals surface area (Å²) >= 11 is 0. The van der Waals surface area contributed by atoms with Crippen LogP contribution in [0.25, 0.3) is 11.5 Å². The van der Waals surface area contributed by atoms with E-state index >= 15 is 0 Å². The molecule has 0 atom stereocenters. The van der Waals surface area contributed by atoms with Gasteiger partial charge in [-0.2, -0.15) is 5.26 Å². The van der Waals surface area contributed by atoms with Gasteiger partial charge >= 0.3 is 0 Å². The Morgan fingerprint density at radius 2 is 2.33 bits per heavy atom. The van der Waals surface area contributed by atoms with Crippen LogP contribution in [0.4, 0.5) is 0 Å². The molecule has 0 amide bonds. The van der Waals surface area contributed by atoms with Crippen molar-refractivity contribution in [1.82, 2.24) is 19.7 Å². The van der Waals surface area contributed by atoms with E-state index in [0.717, 1.165) is 18.1 Å². The van der Waals surface area contributed by atoms with Crippen LogP contribution in [0.3, 0.4) is 0 Å². The third kappa shape index (κ3) is 1.70. The van der Waals surface area contributed by atoms with E-state index in [0.29, 0.717) is 5.56 Å². The Labute approximate surface area is 87.0 Å². The Bertz CT molecular complexity index is 491. The van der Waals surface area contributed by atoms with E-state index in [4.69, 9.17) is 5.26 Å². The first-order valence-electron chi connectivity index (χ1n) is 4.59. The molecule has 0 saturated carbocycles. The van der Waals surface area contributed by atoms with Gasteiger partial charge in [0.05, 0.1) is 5.56 Å². The number of aromatic nitrogens is 4. The zero-order valence-corrected chi connectivity index (χ0v) is 8.25. The van der Waals surface area contributed by atoms with E-state index in [9.17, 15) is 0 Å². The summed E-state index contributed by atoms with van der Waals surface area (Å²) in [5, 5.41) is 16.4. The van der Waals surface area contributed by atoms with Gasteiger partial charge in [0.1, 0.15) is 18.1 Å². The minimum Gasteiger partial charge on any atom is -0.313 e. The molecule has 2 rings (SSSR count). The van der Waals surface area contributed by atoms with E-state index in [1.54, 1.807) is 18.5 Å². The summed E-state index contributed by atoms with van der Waals surface area (Å²) in [5.41, 5.74) is 1.27. The molecule has 0 fully saturated rings. The molecule has 0 aliphatic rings. The van der Waals surface area contributed by atoms with Gasteiger partial charge in [-0.05, 0) is 19.1 Å². The van der Waals surface area contributed by atoms with Crippen LogP contribution < -0.4 is 0 Å². The SMILES string of the molecule is CCn1cnnc1-c1ccc(C#N)cn1. The highest BCUT2D eigenvalue weighted by Gasteiger charge is 2.06. The summed E-state index contributed by atoms with van der Waals surface area (Å²) in [6.07, 6.45) is 3.19. The highest BCUT2D eigenvalue weighted by molar-refractivity contribution is 5.50. The van der Waals surface area contributed by atoms with Gasteiger partial charge in [0.25, 0.3) is 0 Å². The zero-order valence-electron chi connectivity index (χ0n) is 8.25. The van der Waals surface area contributed by atoms with Crippen LogP contribution in [0, 0.1) is 11.3 Å². The number of hydrogen-bond donors (Lipinski definition) is 0. The van der Waals surface area contributed by atoms with Crippen molar-refractivity contribution in [2.45, 2.75) is 13.5 Å². The molecule has 74 valence electrons. The van der Waals surface area contributed by atoms with Gasteiger partial charge in [-0.3, -0.25) is 4.98 Å². The van der Waals surface area contributed by atoms with Crippen LogP contribution in [0.1, 0.15) is 12.5 Å². The molecule has 5 heteroatoms. The highest BCUT2D eigenvalue weighted by atomic mass is 15.3. The molecule has 0 bridgehead atoms. The van der Waals surface area contributed by atoms with E-state index in [-0.39, 0.29) is 0 Å². The van der Waals surface area contributed by atoms with Gasteiger partial charge in [-0.15, -0.1) is 10.2 Å². The summed E-state index contributed by atoms with van der Waals surface area (Å²) in [4.78, 5) is 4.15. The Morgan fingerprint density at radius 1 is 1.47 bits per heavy atom. The van der Waals surface area contributed by atoms with Crippen LogP contribution in [0.2, 0.25) is 0 Å². The molecule has 0 aliphatic heterocycles. The molecule has 0 spiro atoms. The molecule has 0 unspecified atom stereocenters. The standard InChI is InChI=1S/C10H9N5/c1-2-15-7-13-14-10(15)9-4-3-8(5-11)6-12-9/h3-4,6-7H,2H2,1H3. The topological polar surface area (TPSA) is 67.4 Å². The normalized spacial score (nSPS) is 9.87. The second kappa shape index (κ2) is 3.88. The molecule has 5 nitrogen and oxygen atoms in total. The van der Waals surface area contributed by atoms with E-state index in [2.05, 4.69) is 15.2 Å². The molecule has 0 aromatic carbocycles. The quantitative estimate of drug-likeness (QED) is 0.729. The van der Waals surface area contributed by atoms with E-state index in [1.807, 2.05) is 17.6 Å². The van der Waals surface area contributed by atoms with Crippen molar-refractivity contribution in [2.75, 3.05) is 0 Å². The molecule has 2 aromatic heterocycles. The lowest BCUT2D eigenvalue weighted by Gasteiger charge is -2.01. The maximum Gasteiger partial charge on any atom is 0.182 e. The molecule has 0 N–H and O–H groups in total. The van der Waals surface area contributed by atoms with Crippen LogP contribution in [0.5, 0.6) is 0 Å². The first-order valence-corrected chi connectivity index (χ1v) is 4.59. The van der Waals surface area contributed by atoms with Crippen molar-refractivity contribution in [3.05, 3.63) is 30.2 Å². The van der Waals surface area contributed by atoms with Gasteiger partial charge in [0, 0.05) is 12.7 Å². The Kier molecular flexibility index (Phi) is 2.42. The van der Waals surface area contributed by atoms with E-state index in [1.165, 1.54) is 6.20 Å². The van der Waals surface area contributed by atoms with Gasteiger partial charge in [0.2, 0.25) is 0 Å². The first kappa shape index (κ1) is 9.34. The highest BCUT2D eigenvalue weighted by Crippen LogP contribution is 2.13. The predicted octanol–water partition coefficient (Wildman–Crippen LogP) is 1.23. The van der Waals surface area contributed by atoms with Crippen LogP contribution >= 0.6 is 0 Å². The van der Waals surface area contributed by atoms with Gasteiger partial charge in [0.15, 0.2) is 5.82 Å². The third-order valence-electron chi connectivity index (χ3n) is 2.08. The van der Waals surface area contributed by atoms with Gasteiger partial charge in [-0.1, -0.05) is 0 Å². The van der Waals surface area contributed by atoms with Crippen molar-refractivity contribution < 1.29 is 0 Å². The minimum atomic E-state index is 0.543. The molecular formula is C10H9N5. The summed E-state index contributed by atoms with van der Waals surface area (Å²) in [6.45, 7) is 2.81. The third-order valence-corrected chi connectivity index (χ3v) is 2.08. The molecule has 2 aromatic rings. The number of nitriles is 1. The lowest BCUT2D eigenvalue weighted by Crippen LogP contribution is -1.97. The second-order valence-corrected chi connectivity index (χ2v) is 2.98. The smallest absolute Gasteiger partial charge is 0.182 e. The van der Waals surface area contributed by atoms with E-state index < -0.39 is 0 Å². The fourth-order valence-corrected chi connectivity index (χ4v) is 1.28. The minimum absolute atomic E-state index is 0.543. The Morgan fingerprint density at radius 3 is 2.93 bits per heavy atom. The molecule has 0 radical (unpaired) electrons. The average molecular weight is 199 g/mol. The zero-order chi connectivity index (χ0) is 10.7. The van der Waals surface area contributed by atoms with Crippen molar-refractivity contribution in [3.8, 4) is 17.6 Å². The summed E-state index contributed by atoms with van der Waals surface area (Å²) in [5.74, 6) is 0.724. The number of aryl methyl sites for hydroxylation is 1. The fourth-order valence-electron chi connectivity index (χ4n) is 1.28. The maximum atomic E-state index is 8.64. The van der Waals surface area contributed by atoms with Gasteiger partial charge < -0.3 is 4.57 Å². The predicted molar refractivity (Wildman–Crippen MR) is 53.6 cm³/mol. The number of hydrogen-bond acceptors (Lipinski definition) is 4. The summed E-state index contributed by atoms with van der Waals surface area (Å²) < 4.78 is 1.90. The van der Waals surface area contributed by atoms with Crippen LogP contribution in [-0.4, -0.2) is 19.7 Å². The molecule has 0 aliphatic carbocycles. The largest absolute Gasteiger partial charge is 0.313 e.